The van der Waals surface area contributed by atoms with Crippen LogP contribution in [0.5, 0.6) is 0 Å². The topological polar surface area (TPSA) is 76.1 Å². The first-order valence-electron chi connectivity index (χ1n) is 5.87. The van der Waals surface area contributed by atoms with Crippen LogP contribution in [0.25, 0.3) is 0 Å². The van der Waals surface area contributed by atoms with Crippen LogP contribution >= 0.6 is 11.3 Å². The highest BCUT2D eigenvalue weighted by atomic mass is 32.1. The van der Waals surface area contributed by atoms with Gasteiger partial charge in [-0.1, -0.05) is 0 Å². The Balaban J connectivity index is 2.22. The lowest BCUT2D eigenvalue weighted by Gasteiger charge is -2.14. The lowest BCUT2D eigenvalue weighted by atomic mass is 9.89. The summed E-state index contributed by atoms with van der Waals surface area (Å²) in [6, 6.07) is 3.94. The van der Waals surface area contributed by atoms with Gasteiger partial charge in [-0.15, -0.1) is 11.3 Å². The second-order valence-electron chi connectivity index (χ2n) is 4.79. The highest BCUT2D eigenvalue weighted by Crippen LogP contribution is 2.22. The van der Waals surface area contributed by atoms with E-state index in [1.54, 1.807) is 11.4 Å². The summed E-state index contributed by atoms with van der Waals surface area (Å²) in [5.41, 5.74) is 5.79. The van der Waals surface area contributed by atoms with Gasteiger partial charge in [-0.2, -0.15) is 5.26 Å². The molecule has 5 heteroatoms. The number of carbonyl (C=O) groups is 1. The van der Waals surface area contributed by atoms with Crippen LogP contribution in [0.3, 0.4) is 0 Å². The Bertz CT molecular complexity index is 446. The third-order valence-electron chi connectivity index (χ3n) is 2.61. The summed E-state index contributed by atoms with van der Waals surface area (Å²) >= 11 is 1.29. The molecular weight excluding hydrogens is 248 g/mol. The van der Waals surface area contributed by atoms with E-state index in [1.165, 1.54) is 11.3 Å². The number of hydrogen-bond acceptors (Lipinski definition) is 5. The first-order valence-corrected chi connectivity index (χ1v) is 6.75. The quantitative estimate of drug-likeness (QED) is 0.633. The molecule has 0 aliphatic carbocycles. The number of thiophene rings is 1. The molecule has 2 N–H and O–H groups in total. The first-order chi connectivity index (χ1) is 8.46. The molecule has 98 valence electrons. The molecule has 0 aliphatic rings. The largest absolute Gasteiger partial charge is 0.461 e. The Kier molecular flexibility index (Phi) is 5.17. The van der Waals surface area contributed by atoms with Crippen molar-refractivity contribution in [2.45, 2.75) is 33.1 Å². The number of ether oxygens (including phenoxy) is 1. The van der Waals surface area contributed by atoms with Crippen LogP contribution in [-0.2, 0) is 4.74 Å². The number of nitrogens with zero attached hydrogens (tertiary/aromatic N) is 1. The monoisotopic (exact) mass is 266 g/mol. The summed E-state index contributed by atoms with van der Waals surface area (Å²) in [5.74, 6) is -0.359. The van der Waals surface area contributed by atoms with Gasteiger partial charge in [0.25, 0.3) is 0 Å². The van der Waals surface area contributed by atoms with Crippen LogP contribution < -0.4 is 5.73 Å². The fourth-order valence-electron chi connectivity index (χ4n) is 1.44. The fraction of sp³-hybridized carbons (Fsp3) is 0.538. The number of carbonyl (C=O) groups excluding carboxylic acids is 1. The number of esters is 1. The summed E-state index contributed by atoms with van der Waals surface area (Å²) in [7, 11) is 0. The molecule has 1 aromatic heterocycles. The summed E-state index contributed by atoms with van der Waals surface area (Å²) in [5, 5.41) is 10.6. The van der Waals surface area contributed by atoms with Crippen molar-refractivity contribution >= 4 is 23.0 Å². The molecule has 0 saturated heterocycles. The van der Waals surface area contributed by atoms with E-state index in [4.69, 9.17) is 15.7 Å². The van der Waals surface area contributed by atoms with E-state index in [0.717, 1.165) is 19.3 Å². The highest BCUT2D eigenvalue weighted by Gasteiger charge is 2.16. The zero-order valence-corrected chi connectivity index (χ0v) is 11.5. The van der Waals surface area contributed by atoms with Gasteiger partial charge in [0, 0.05) is 0 Å². The number of anilines is 1. The molecule has 18 heavy (non-hydrogen) atoms. The fourth-order valence-corrected chi connectivity index (χ4v) is 2.15. The molecule has 0 amide bonds. The van der Waals surface area contributed by atoms with Gasteiger partial charge in [0.15, 0.2) is 0 Å². The SMILES string of the molecule is CC(C)(C#N)CCCCOC(=O)c1sccc1N. The number of nitrogen functional groups attached to an aromatic ring is 1. The van der Waals surface area contributed by atoms with Gasteiger partial charge in [0.05, 0.1) is 23.8 Å². The van der Waals surface area contributed by atoms with E-state index in [-0.39, 0.29) is 11.4 Å². The molecule has 0 aromatic carbocycles. The maximum absolute atomic E-state index is 11.6. The number of nitrogens with two attached hydrogens (primary N) is 1. The minimum absolute atomic E-state index is 0.303. The van der Waals surface area contributed by atoms with Crippen molar-refractivity contribution < 1.29 is 9.53 Å². The molecule has 1 rings (SSSR count). The average molecular weight is 266 g/mol. The van der Waals surface area contributed by atoms with E-state index in [9.17, 15) is 4.79 Å². The van der Waals surface area contributed by atoms with E-state index >= 15 is 0 Å². The molecule has 0 radical (unpaired) electrons. The number of rotatable bonds is 6. The lowest BCUT2D eigenvalue weighted by Crippen LogP contribution is -2.10. The molecule has 0 fully saturated rings. The van der Waals surface area contributed by atoms with Crippen molar-refractivity contribution in [1.29, 1.82) is 5.26 Å². The van der Waals surface area contributed by atoms with Crippen molar-refractivity contribution in [2.75, 3.05) is 12.3 Å². The molecule has 1 heterocycles. The average Bonchev–Trinajstić information content (AvgIpc) is 2.75. The molecule has 0 bridgehead atoms. The molecule has 0 spiro atoms. The third-order valence-corrected chi connectivity index (χ3v) is 3.52. The van der Waals surface area contributed by atoms with Crippen molar-refractivity contribution in [3.05, 3.63) is 16.3 Å². The number of nitriles is 1. The van der Waals surface area contributed by atoms with Crippen molar-refractivity contribution in [2.24, 2.45) is 5.41 Å². The molecule has 4 nitrogen and oxygen atoms in total. The molecule has 0 atom stereocenters. The Hall–Kier alpha value is -1.54. The second kappa shape index (κ2) is 6.41. The van der Waals surface area contributed by atoms with Crippen LogP contribution in [0.2, 0.25) is 0 Å². The van der Waals surface area contributed by atoms with E-state index in [0.29, 0.717) is 17.2 Å². The zero-order chi connectivity index (χ0) is 13.6. The van der Waals surface area contributed by atoms with E-state index in [1.807, 2.05) is 13.8 Å². The summed E-state index contributed by atoms with van der Waals surface area (Å²) in [6.45, 7) is 4.19. The maximum atomic E-state index is 11.6. The highest BCUT2D eigenvalue weighted by molar-refractivity contribution is 7.12. The molecule has 1 aromatic rings. The molecule has 0 aliphatic heterocycles. The predicted octanol–water partition coefficient (Wildman–Crippen LogP) is 3.21. The first kappa shape index (κ1) is 14.5. The minimum Gasteiger partial charge on any atom is -0.461 e. The van der Waals surface area contributed by atoms with Crippen LogP contribution in [-0.4, -0.2) is 12.6 Å². The van der Waals surface area contributed by atoms with Gasteiger partial charge >= 0.3 is 5.97 Å². The van der Waals surface area contributed by atoms with E-state index < -0.39 is 0 Å². The van der Waals surface area contributed by atoms with Gasteiger partial charge in [-0.05, 0) is 44.6 Å². The van der Waals surface area contributed by atoms with Crippen molar-refractivity contribution in [3.63, 3.8) is 0 Å². The Morgan fingerprint density at radius 1 is 1.56 bits per heavy atom. The number of hydrogen-bond donors (Lipinski definition) is 1. The minimum atomic E-state index is -0.359. The predicted molar refractivity (Wildman–Crippen MR) is 72.3 cm³/mol. The van der Waals surface area contributed by atoms with Gasteiger partial charge in [0.2, 0.25) is 0 Å². The molecule has 0 unspecified atom stereocenters. The summed E-state index contributed by atoms with van der Waals surface area (Å²) in [6.07, 6.45) is 2.44. The summed E-state index contributed by atoms with van der Waals surface area (Å²) in [4.78, 5) is 12.1. The zero-order valence-electron chi connectivity index (χ0n) is 10.7. The van der Waals surface area contributed by atoms with Crippen LogP contribution in [0.15, 0.2) is 11.4 Å². The smallest absolute Gasteiger partial charge is 0.350 e. The lowest BCUT2D eigenvalue weighted by molar-refractivity contribution is 0.0503. The van der Waals surface area contributed by atoms with Crippen molar-refractivity contribution in [1.82, 2.24) is 0 Å². The van der Waals surface area contributed by atoms with Gasteiger partial charge in [-0.3, -0.25) is 0 Å². The Morgan fingerprint density at radius 2 is 2.28 bits per heavy atom. The molecular formula is C13H18N2O2S. The van der Waals surface area contributed by atoms with E-state index in [2.05, 4.69) is 6.07 Å². The van der Waals surface area contributed by atoms with Crippen LogP contribution in [0.1, 0.15) is 42.8 Å². The Morgan fingerprint density at radius 3 is 2.83 bits per heavy atom. The maximum Gasteiger partial charge on any atom is 0.350 e. The van der Waals surface area contributed by atoms with Crippen LogP contribution in [0.4, 0.5) is 5.69 Å². The molecule has 0 saturated carbocycles. The number of unbranched alkanes of at least 4 members (excludes halogenated alkanes) is 1. The summed E-state index contributed by atoms with van der Waals surface area (Å²) < 4.78 is 5.12. The Labute approximate surface area is 111 Å². The normalized spacial score (nSPS) is 10.9. The second-order valence-corrected chi connectivity index (χ2v) is 5.71. The third kappa shape index (κ3) is 4.38. The van der Waals surface area contributed by atoms with Crippen LogP contribution in [0, 0.1) is 16.7 Å². The van der Waals surface area contributed by atoms with Crippen molar-refractivity contribution in [3.8, 4) is 6.07 Å². The standard InChI is InChI=1S/C13H18N2O2S/c1-13(2,9-14)6-3-4-7-17-12(16)11-10(15)5-8-18-11/h5,8H,3-4,6-7,15H2,1-2H3. The van der Waals surface area contributed by atoms with Gasteiger partial charge in [-0.25, -0.2) is 4.79 Å². The van der Waals surface area contributed by atoms with Gasteiger partial charge in [0.1, 0.15) is 4.88 Å². The van der Waals surface area contributed by atoms with Gasteiger partial charge < -0.3 is 10.5 Å².